The van der Waals surface area contributed by atoms with E-state index in [0.29, 0.717) is 5.56 Å². The smallest absolute Gasteiger partial charge is 0.152 e. The molecule has 0 aliphatic heterocycles. The highest BCUT2D eigenvalue weighted by atomic mass is 16.3. The molecule has 0 heterocycles. The highest BCUT2D eigenvalue weighted by Gasteiger charge is 1.99. The van der Waals surface area contributed by atoms with Gasteiger partial charge in [0, 0.05) is 5.56 Å². The summed E-state index contributed by atoms with van der Waals surface area (Å²) in [5, 5.41) is 18.2. The summed E-state index contributed by atoms with van der Waals surface area (Å²) in [6.45, 7) is 1.26. The van der Waals surface area contributed by atoms with Crippen LogP contribution >= 0.6 is 0 Å². The van der Waals surface area contributed by atoms with Gasteiger partial charge in [0.15, 0.2) is 5.78 Å². The van der Waals surface area contributed by atoms with Crippen molar-refractivity contribution < 1.29 is 15.0 Å². The Labute approximate surface area is 82.3 Å². The zero-order valence-electron chi connectivity index (χ0n) is 7.90. The zero-order valence-corrected chi connectivity index (χ0v) is 7.90. The first-order valence-corrected chi connectivity index (χ1v) is 4.25. The molecule has 0 spiro atoms. The van der Waals surface area contributed by atoms with E-state index in [0.717, 1.165) is 5.56 Å². The van der Waals surface area contributed by atoms with Crippen LogP contribution in [-0.4, -0.2) is 16.0 Å². The Balaban J connectivity index is 2.91. The Morgan fingerprint density at radius 2 is 2.21 bits per heavy atom. The maximum Gasteiger partial charge on any atom is 0.152 e. The van der Waals surface area contributed by atoms with E-state index in [-0.39, 0.29) is 18.1 Å². The van der Waals surface area contributed by atoms with Crippen molar-refractivity contribution in [1.29, 1.82) is 0 Å². The first-order chi connectivity index (χ1) is 6.63. The summed E-state index contributed by atoms with van der Waals surface area (Å²) in [5.41, 5.74) is 1.21. The van der Waals surface area contributed by atoms with Crippen LogP contribution in [0.2, 0.25) is 0 Å². The SMILES string of the molecule is CC(=O)/C=C/c1ccc(CO)c(O)c1. The molecule has 2 N–H and O–H groups in total. The van der Waals surface area contributed by atoms with Crippen molar-refractivity contribution in [3.8, 4) is 5.75 Å². The molecule has 0 saturated carbocycles. The molecule has 74 valence electrons. The Hall–Kier alpha value is -1.61. The van der Waals surface area contributed by atoms with E-state index >= 15 is 0 Å². The molecule has 0 saturated heterocycles. The lowest BCUT2D eigenvalue weighted by atomic mass is 10.1. The molecule has 1 aromatic carbocycles. The molecule has 0 atom stereocenters. The van der Waals surface area contributed by atoms with Crippen molar-refractivity contribution in [1.82, 2.24) is 0 Å². The van der Waals surface area contributed by atoms with Crippen molar-refractivity contribution in [3.63, 3.8) is 0 Å². The zero-order chi connectivity index (χ0) is 10.6. The highest BCUT2D eigenvalue weighted by Crippen LogP contribution is 2.19. The van der Waals surface area contributed by atoms with Gasteiger partial charge in [0.1, 0.15) is 5.75 Å². The number of hydrogen-bond donors (Lipinski definition) is 2. The minimum absolute atomic E-state index is 0.0400. The van der Waals surface area contributed by atoms with Crippen LogP contribution in [0.15, 0.2) is 24.3 Å². The van der Waals surface area contributed by atoms with Crippen LogP contribution in [-0.2, 0) is 11.4 Å². The molecule has 3 heteroatoms. The van der Waals surface area contributed by atoms with Gasteiger partial charge in [-0.25, -0.2) is 0 Å². The number of aliphatic hydroxyl groups is 1. The molecular weight excluding hydrogens is 180 g/mol. The number of aromatic hydroxyl groups is 1. The summed E-state index contributed by atoms with van der Waals surface area (Å²) >= 11 is 0. The van der Waals surface area contributed by atoms with Gasteiger partial charge in [-0.2, -0.15) is 0 Å². The van der Waals surface area contributed by atoms with Crippen LogP contribution in [0.4, 0.5) is 0 Å². The maximum atomic E-state index is 10.6. The average molecular weight is 192 g/mol. The summed E-state index contributed by atoms with van der Waals surface area (Å²) in [6, 6.07) is 4.85. The molecule has 0 aliphatic rings. The summed E-state index contributed by atoms with van der Waals surface area (Å²) < 4.78 is 0. The van der Waals surface area contributed by atoms with Gasteiger partial charge in [-0.05, 0) is 24.6 Å². The standard InChI is InChI=1S/C11H12O3/c1-8(13)2-3-9-4-5-10(7-12)11(14)6-9/h2-6,12,14H,7H2,1H3/b3-2+. The number of benzene rings is 1. The Bertz CT molecular complexity index is 367. The molecule has 0 aliphatic carbocycles. The van der Waals surface area contributed by atoms with E-state index in [1.807, 2.05) is 0 Å². The Morgan fingerprint density at radius 3 is 2.71 bits per heavy atom. The molecular formula is C11H12O3. The average Bonchev–Trinajstić information content (AvgIpc) is 2.15. The minimum Gasteiger partial charge on any atom is -0.508 e. The minimum atomic E-state index is -0.192. The van der Waals surface area contributed by atoms with Crippen LogP contribution in [0.3, 0.4) is 0 Å². The van der Waals surface area contributed by atoms with E-state index < -0.39 is 0 Å². The van der Waals surface area contributed by atoms with E-state index in [9.17, 15) is 9.90 Å². The monoisotopic (exact) mass is 192 g/mol. The van der Waals surface area contributed by atoms with Crippen LogP contribution in [0, 0.1) is 0 Å². The van der Waals surface area contributed by atoms with Crippen LogP contribution in [0.5, 0.6) is 5.75 Å². The molecule has 0 radical (unpaired) electrons. The third kappa shape index (κ3) is 2.71. The number of ketones is 1. The van der Waals surface area contributed by atoms with Crippen molar-refractivity contribution in [3.05, 3.63) is 35.4 Å². The first kappa shape index (κ1) is 10.5. The maximum absolute atomic E-state index is 10.6. The summed E-state index contributed by atoms with van der Waals surface area (Å²) in [4.78, 5) is 10.6. The summed E-state index contributed by atoms with van der Waals surface area (Å²) in [6.07, 6.45) is 3.04. The van der Waals surface area contributed by atoms with Crippen LogP contribution in [0.1, 0.15) is 18.1 Å². The molecule has 14 heavy (non-hydrogen) atoms. The number of rotatable bonds is 3. The lowest BCUT2D eigenvalue weighted by Gasteiger charge is -2.01. The fourth-order valence-corrected chi connectivity index (χ4v) is 1.03. The molecule has 0 fully saturated rings. The first-order valence-electron chi connectivity index (χ1n) is 4.25. The molecule has 1 aromatic rings. The fourth-order valence-electron chi connectivity index (χ4n) is 1.03. The number of carbonyl (C=O) groups is 1. The second-order valence-electron chi connectivity index (χ2n) is 2.99. The summed E-state index contributed by atoms with van der Waals surface area (Å²) in [5.74, 6) is -0.00562. The molecule has 0 aromatic heterocycles. The topological polar surface area (TPSA) is 57.5 Å². The van der Waals surface area contributed by atoms with Crippen LogP contribution in [0.25, 0.3) is 6.08 Å². The Kier molecular flexibility index (Phi) is 3.42. The van der Waals surface area contributed by atoms with Gasteiger partial charge in [0.2, 0.25) is 0 Å². The van der Waals surface area contributed by atoms with Crippen molar-refractivity contribution in [2.24, 2.45) is 0 Å². The largest absolute Gasteiger partial charge is 0.508 e. The van der Waals surface area contributed by atoms with Crippen LogP contribution < -0.4 is 0 Å². The van der Waals surface area contributed by atoms with Gasteiger partial charge in [-0.1, -0.05) is 18.2 Å². The van der Waals surface area contributed by atoms with E-state index in [4.69, 9.17) is 5.11 Å². The lowest BCUT2D eigenvalue weighted by Crippen LogP contribution is -1.85. The van der Waals surface area contributed by atoms with Gasteiger partial charge in [-0.15, -0.1) is 0 Å². The molecule has 1 rings (SSSR count). The number of hydrogen-bond acceptors (Lipinski definition) is 3. The normalized spacial score (nSPS) is 10.7. The predicted molar refractivity (Wildman–Crippen MR) is 53.7 cm³/mol. The van der Waals surface area contributed by atoms with Crippen molar-refractivity contribution in [2.75, 3.05) is 0 Å². The Morgan fingerprint density at radius 1 is 1.50 bits per heavy atom. The lowest BCUT2D eigenvalue weighted by molar-refractivity contribution is -0.112. The number of allylic oxidation sites excluding steroid dienone is 1. The van der Waals surface area contributed by atoms with Crippen molar-refractivity contribution >= 4 is 11.9 Å². The number of phenols is 1. The molecule has 0 amide bonds. The van der Waals surface area contributed by atoms with Gasteiger partial charge < -0.3 is 10.2 Å². The van der Waals surface area contributed by atoms with Gasteiger partial charge in [0.25, 0.3) is 0 Å². The second-order valence-corrected chi connectivity index (χ2v) is 2.99. The quantitative estimate of drug-likeness (QED) is 0.713. The van der Waals surface area contributed by atoms with Gasteiger partial charge in [0.05, 0.1) is 6.61 Å². The molecule has 0 unspecified atom stereocenters. The fraction of sp³-hybridized carbons (Fsp3) is 0.182. The third-order valence-electron chi connectivity index (χ3n) is 1.79. The molecule has 0 bridgehead atoms. The van der Waals surface area contributed by atoms with E-state index in [2.05, 4.69) is 0 Å². The van der Waals surface area contributed by atoms with E-state index in [1.165, 1.54) is 19.1 Å². The number of aliphatic hydroxyl groups excluding tert-OH is 1. The van der Waals surface area contributed by atoms with Crippen molar-refractivity contribution in [2.45, 2.75) is 13.5 Å². The van der Waals surface area contributed by atoms with E-state index in [1.54, 1.807) is 18.2 Å². The van der Waals surface area contributed by atoms with Gasteiger partial charge in [-0.3, -0.25) is 4.79 Å². The van der Waals surface area contributed by atoms with Gasteiger partial charge >= 0.3 is 0 Å². The second kappa shape index (κ2) is 4.58. The molecule has 3 nitrogen and oxygen atoms in total. The highest BCUT2D eigenvalue weighted by molar-refractivity contribution is 5.91. The third-order valence-corrected chi connectivity index (χ3v) is 1.79. The summed E-state index contributed by atoms with van der Waals surface area (Å²) in [7, 11) is 0. The number of carbonyl (C=O) groups excluding carboxylic acids is 1. The predicted octanol–water partition coefficient (Wildman–Crippen LogP) is 1.49.